The van der Waals surface area contributed by atoms with Gasteiger partial charge in [-0.05, 0) is 32.9 Å². The van der Waals surface area contributed by atoms with Crippen LogP contribution in [0.25, 0.3) is 0 Å². The van der Waals surface area contributed by atoms with Gasteiger partial charge in [-0.1, -0.05) is 18.2 Å². The van der Waals surface area contributed by atoms with Crippen LogP contribution in [0.3, 0.4) is 0 Å². The molecule has 1 aromatic heterocycles. The fourth-order valence-electron chi connectivity index (χ4n) is 2.58. The number of hydrogen-bond donors (Lipinski definition) is 2. The van der Waals surface area contributed by atoms with E-state index in [1.165, 1.54) is 6.33 Å². The number of anilines is 1. The number of nitrogens with zero attached hydrogens (tertiary/aromatic N) is 2. The topological polar surface area (TPSA) is 76.1 Å². The van der Waals surface area contributed by atoms with E-state index in [9.17, 15) is 9.18 Å². The van der Waals surface area contributed by atoms with E-state index >= 15 is 0 Å². The van der Waals surface area contributed by atoms with Crippen LogP contribution >= 0.6 is 0 Å². The summed E-state index contributed by atoms with van der Waals surface area (Å²) in [5.74, 6) is 0.156. The van der Waals surface area contributed by atoms with Crippen LogP contribution in [0.5, 0.6) is 5.75 Å². The van der Waals surface area contributed by atoms with Gasteiger partial charge in [0, 0.05) is 19.4 Å². The van der Waals surface area contributed by atoms with E-state index in [2.05, 4.69) is 20.6 Å². The maximum Gasteiger partial charge on any atom is 0.264 e. The molecule has 1 heterocycles. The molecule has 26 heavy (non-hydrogen) atoms. The molecule has 1 fully saturated rings. The number of para-hydroxylation sites is 1. The Morgan fingerprint density at radius 3 is 2.62 bits per heavy atom. The Morgan fingerprint density at radius 1 is 1.27 bits per heavy atom. The molecule has 2 aromatic rings. The van der Waals surface area contributed by atoms with Crippen molar-refractivity contribution in [3.8, 4) is 5.75 Å². The molecule has 0 bridgehead atoms. The molecule has 1 amide bonds. The Labute approximate surface area is 152 Å². The van der Waals surface area contributed by atoms with Gasteiger partial charge in [0.05, 0.1) is 11.2 Å². The first-order valence-corrected chi connectivity index (χ1v) is 8.59. The van der Waals surface area contributed by atoms with Crippen LogP contribution in [0.2, 0.25) is 0 Å². The molecule has 0 spiro atoms. The van der Waals surface area contributed by atoms with Gasteiger partial charge in [-0.2, -0.15) is 0 Å². The summed E-state index contributed by atoms with van der Waals surface area (Å²) in [4.78, 5) is 20.3. The molecule has 1 aliphatic rings. The van der Waals surface area contributed by atoms with Gasteiger partial charge in [-0.25, -0.2) is 14.4 Å². The number of aromatic nitrogens is 2. The average Bonchev–Trinajstić information content (AvgIpc) is 3.38. The SMILES string of the molecule is Cc1ncnc(NC(C)(C)CNC(=O)C2(Oc3ccccc3)CC2)c1F. The Kier molecular flexibility index (Phi) is 4.80. The third-order valence-electron chi connectivity index (χ3n) is 4.29. The average molecular weight is 358 g/mol. The van der Waals surface area contributed by atoms with E-state index in [0.29, 0.717) is 25.1 Å². The third-order valence-corrected chi connectivity index (χ3v) is 4.29. The van der Waals surface area contributed by atoms with Gasteiger partial charge < -0.3 is 15.4 Å². The second-order valence-corrected chi connectivity index (χ2v) is 7.22. The molecule has 0 atom stereocenters. The fraction of sp³-hybridized carbons (Fsp3) is 0.421. The van der Waals surface area contributed by atoms with E-state index in [1.807, 2.05) is 44.2 Å². The number of benzene rings is 1. The molecular formula is C19H23FN4O2. The summed E-state index contributed by atoms with van der Waals surface area (Å²) in [5.41, 5.74) is -1.12. The number of hydrogen-bond acceptors (Lipinski definition) is 5. The summed E-state index contributed by atoms with van der Waals surface area (Å²) in [6.07, 6.45) is 2.67. The summed E-state index contributed by atoms with van der Waals surface area (Å²) < 4.78 is 20.0. The summed E-state index contributed by atoms with van der Waals surface area (Å²) in [6, 6.07) is 9.30. The summed E-state index contributed by atoms with van der Waals surface area (Å²) >= 11 is 0. The first-order chi connectivity index (χ1) is 12.3. The lowest BCUT2D eigenvalue weighted by molar-refractivity contribution is -0.130. The largest absolute Gasteiger partial charge is 0.477 e. The highest BCUT2D eigenvalue weighted by molar-refractivity contribution is 5.88. The van der Waals surface area contributed by atoms with Crippen LogP contribution in [-0.4, -0.2) is 33.6 Å². The van der Waals surface area contributed by atoms with Gasteiger partial charge in [0.25, 0.3) is 5.91 Å². The molecule has 2 N–H and O–H groups in total. The third kappa shape index (κ3) is 4.09. The van der Waals surface area contributed by atoms with E-state index < -0.39 is 17.0 Å². The molecule has 138 valence electrons. The number of amides is 1. The van der Waals surface area contributed by atoms with Crippen molar-refractivity contribution < 1.29 is 13.9 Å². The zero-order valence-electron chi connectivity index (χ0n) is 15.2. The zero-order valence-corrected chi connectivity index (χ0v) is 15.2. The minimum Gasteiger partial charge on any atom is -0.477 e. The summed E-state index contributed by atoms with van der Waals surface area (Å²) in [5, 5.41) is 5.93. The monoisotopic (exact) mass is 358 g/mol. The highest BCUT2D eigenvalue weighted by Gasteiger charge is 2.53. The predicted octanol–water partition coefficient (Wildman–Crippen LogP) is 2.84. The van der Waals surface area contributed by atoms with E-state index in [4.69, 9.17) is 4.74 Å². The van der Waals surface area contributed by atoms with Gasteiger partial charge in [0.15, 0.2) is 17.2 Å². The van der Waals surface area contributed by atoms with Gasteiger partial charge in [-0.15, -0.1) is 0 Å². The van der Waals surface area contributed by atoms with Crippen LogP contribution in [0.15, 0.2) is 36.7 Å². The zero-order chi connectivity index (χ0) is 18.8. The Bertz CT molecular complexity index is 791. The maximum absolute atomic E-state index is 14.1. The van der Waals surface area contributed by atoms with Crippen molar-refractivity contribution in [3.05, 3.63) is 48.2 Å². The quantitative estimate of drug-likeness (QED) is 0.796. The lowest BCUT2D eigenvalue weighted by Crippen LogP contribution is -2.49. The highest BCUT2D eigenvalue weighted by Crippen LogP contribution is 2.40. The molecule has 1 saturated carbocycles. The van der Waals surface area contributed by atoms with Crippen molar-refractivity contribution in [2.45, 2.75) is 44.8 Å². The van der Waals surface area contributed by atoms with Gasteiger partial charge in [-0.3, -0.25) is 4.79 Å². The fourth-order valence-corrected chi connectivity index (χ4v) is 2.58. The van der Waals surface area contributed by atoms with E-state index in [1.54, 1.807) is 6.92 Å². The normalized spacial score (nSPS) is 15.2. The molecule has 0 unspecified atom stereocenters. The van der Waals surface area contributed by atoms with Crippen LogP contribution in [-0.2, 0) is 4.79 Å². The Morgan fingerprint density at radius 2 is 1.96 bits per heavy atom. The van der Waals surface area contributed by atoms with Crippen LogP contribution in [0, 0.1) is 12.7 Å². The van der Waals surface area contributed by atoms with Crippen molar-refractivity contribution in [2.75, 3.05) is 11.9 Å². The number of aryl methyl sites for hydroxylation is 1. The molecule has 6 nitrogen and oxygen atoms in total. The Balaban J connectivity index is 1.59. The minimum absolute atomic E-state index is 0.124. The summed E-state index contributed by atoms with van der Waals surface area (Å²) in [6.45, 7) is 5.60. The number of nitrogens with one attached hydrogen (secondary N) is 2. The smallest absolute Gasteiger partial charge is 0.264 e. The predicted molar refractivity (Wildman–Crippen MR) is 96.5 cm³/mol. The molecule has 3 rings (SSSR count). The van der Waals surface area contributed by atoms with Crippen molar-refractivity contribution in [1.29, 1.82) is 0 Å². The lowest BCUT2D eigenvalue weighted by atomic mass is 10.1. The highest BCUT2D eigenvalue weighted by atomic mass is 19.1. The van der Waals surface area contributed by atoms with Crippen molar-refractivity contribution >= 4 is 11.7 Å². The standard InChI is InChI=1S/C19H23FN4O2/c1-13-15(20)16(23-12-22-13)24-18(2,3)11-21-17(25)19(9-10-19)26-14-7-5-4-6-8-14/h4-8,12H,9-11H2,1-3H3,(H,21,25)(H,22,23,24). The number of ether oxygens (including phenoxy) is 1. The number of halogens is 1. The van der Waals surface area contributed by atoms with Crippen LogP contribution in [0.4, 0.5) is 10.2 Å². The van der Waals surface area contributed by atoms with Crippen molar-refractivity contribution in [2.24, 2.45) is 0 Å². The molecule has 1 aromatic carbocycles. The molecule has 0 radical (unpaired) electrons. The van der Waals surface area contributed by atoms with Gasteiger partial charge in [0.2, 0.25) is 0 Å². The first-order valence-electron chi connectivity index (χ1n) is 8.59. The number of carbonyl (C=O) groups excluding carboxylic acids is 1. The van der Waals surface area contributed by atoms with Gasteiger partial charge in [0.1, 0.15) is 12.1 Å². The summed E-state index contributed by atoms with van der Waals surface area (Å²) in [7, 11) is 0. The van der Waals surface area contributed by atoms with E-state index in [-0.39, 0.29) is 17.4 Å². The Hall–Kier alpha value is -2.70. The number of carbonyl (C=O) groups is 1. The first kappa shape index (κ1) is 18.1. The van der Waals surface area contributed by atoms with Crippen LogP contribution in [0.1, 0.15) is 32.4 Å². The van der Waals surface area contributed by atoms with Crippen molar-refractivity contribution in [1.82, 2.24) is 15.3 Å². The minimum atomic E-state index is -0.797. The second kappa shape index (κ2) is 6.90. The molecule has 0 saturated heterocycles. The second-order valence-electron chi connectivity index (χ2n) is 7.22. The van der Waals surface area contributed by atoms with Crippen molar-refractivity contribution in [3.63, 3.8) is 0 Å². The molecular weight excluding hydrogens is 335 g/mol. The molecule has 1 aliphatic carbocycles. The van der Waals surface area contributed by atoms with Gasteiger partial charge >= 0.3 is 0 Å². The van der Waals surface area contributed by atoms with Crippen LogP contribution < -0.4 is 15.4 Å². The number of rotatable bonds is 7. The lowest BCUT2D eigenvalue weighted by Gasteiger charge is -2.28. The molecule has 0 aliphatic heterocycles. The maximum atomic E-state index is 14.1. The van der Waals surface area contributed by atoms with E-state index in [0.717, 1.165) is 0 Å². The molecule has 7 heteroatoms.